The second-order valence-electron chi connectivity index (χ2n) is 12.8. The maximum absolute atomic E-state index is 11.2. The van der Waals surface area contributed by atoms with Gasteiger partial charge in [0.2, 0.25) is 0 Å². The number of rotatable bonds is 16. The Morgan fingerprint density at radius 2 is 1.02 bits per heavy atom. The molecule has 306 valence electrons. The Labute approximate surface area is 294 Å². The number of aliphatic hydroxyl groups is 16. The fraction of sp³-hybridized carbons (Fsp3) is 1.00. The van der Waals surface area contributed by atoms with E-state index in [0.29, 0.717) is 0 Å². The van der Waals surface area contributed by atoms with E-state index in [2.05, 4.69) is 0 Å². The molecule has 0 aromatic heterocycles. The molecule has 4 fully saturated rings. The van der Waals surface area contributed by atoms with E-state index in [9.17, 15) is 81.7 Å². The minimum absolute atomic E-state index is 0.545. The average Bonchev–Trinajstić information content (AvgIpc) is 3.41. The first kappa shape index (κ1) is 43.8. The highest BCUT2D eigenvalue weighted by Crippen LogP contribution is 2.33. The monoisotopic (exact) mass is 770 g/mol. The third-order valence-electron chi connectivity index (χ3n) is 9.20. The molecule has 4 saturated heterocycles. The summed E-state index contributed by atoms with van der Waals surface area (Å²) in [5.74, 6) is 0. The highest BCUT2D eigenvalue weighted by Gasteiger charge is 2.53. The normalized spacial score (nSPS) is 46.8. The lowest BCUT2D eigenvalue weighted by molar-refractivity contribution is -0.375. The minimum Gasteiger partial charge on any atom is -0.394 e. The molecule has 22 atom stereocenters. The van der Waals surface area contributed by atoms with Crippen LogP contribution >= 0.6 is 0 Å². The van der Waals surface area contributed by atoms with Gasteiger partial charge >= 0.3 is 0 Å². The van der Waals surface area contributed by atoms with Crippen LogP contribution in [0.3, 0.4) is 0 Å². The van der Waals surface area contributed by atoms with Crippen molar-refractivity contribution in [3.8, 4) is 0 Å². The molecule has 0 aliphatic carbocycles. The first-order chi connectivity index (χ1) is 24.6. The van der Waals surface area contributed by atoms with Crippen LogP contribution < -0.4 is 0 Å². The van der Waals surface area contributed by atoms with Crippen molar-refractivity contribution in [2.75, 3.05) is 39.6 Å². The molecule has 0 unspecified atom stereocenters. The minimum atomic E-state index is -2.16. The lowest BCUT2D eigenvalue weighted by Crippen LogP contribution is -2.66. The van der Waals surface area contributed by atoms with Gasteiger partial charge in [-0.15, -0.1) is 0 Å². The lowest BCUT2D eigenvalue weighted by Gasteiger charge is -2.47. The molecule has 4 rings (SSSR count). The van der Waals surface area contributed by atoms with Gasteiger partial charge in [-0.05, 0) is 0 Å². The quantitative estimate of drug-likeness (QED) is 0.0692. The van der Waals surface area contributed by atoms with Crippen LogP contribution in [0.15, 0.2) is 0 Å². The number of aliphatic hydroxyl groups excluding tert-OH is 16. The molecule has 0 spiro atoms. The average molecular weight is 771 g/mol. The molecule has 0 amide bonds. The van der Waals surface area contributed by atoms with Gasteiger partial charge in [0.25, 0.3) is 0 Å². The Morgan fingerprint density at radius 3 is 1.58 bits per heavy atom. The molecule has 0 saturated carbocycles. The summed E-state index contributed by atoms with van der Waals surface area (Å²) in [5.41, 5.74) is 0. The van der Waals surface area contributed by atoms with Crippen molar-refractivity contribution >= 4 is 0 Å². The highest BCUT2D eigenvalue weighted by atomic mass is 16.8. The van der Waals surface area contributed by atoms with E-state index in [1.807, 2.05) is 0 Å². The van der Waals surface area contributed by atoms with Crippen LogP contribution in [0.4, 0.5) is 0 Å². The molecule has 16 N–H and O–H groups in total. The molecule has 0 aromatic rings. The van der Waals surface area contributed by atoms with Gasteiger partial charge in [0.1, 0.15) is 110 Å². The lowest BCUT2D eigenvalue weighted by atomic mass is 9.96. The van der Waals surface area contributed by atoms with Crippen LogP contribution in [0, 0.1) is 0 Å². The smallest absolute Gasteiger partial charge is 0.187 e. The van der Waals surface area contributed by atoms with Gasteiger partial charge in [0.05, 0.1) is 39.6 Å². The SMILES string of the molecule is OC[C@@H](O)[C@@H](O[C@@H]1O[C@H](CO[C@H]2OC[C@@H](O)[C@H](O)[C@H]2O[C@@H]2O[C@@H](CO)[C@H](O)[C@H]2O)[C@@H](O[C@@H]2O[C@H](CO)[C@@H](O)[C@H](O)[C@H]2O)[C@H](O)[C@H]1O)[C@H](O)[C@@H](O)CO. The first-order valence-corrected chi connectivity index (χ1v) is 16.4. The first-order valence-electron chi connectivity index (χ1n) is 16.4. The van der Waals surface area contributed by atoms with Crippen LogP contribution in [0.2, 0.25) is 0 Å². The third kappa shape index (κ3) is 9.52. The van der Waals surface area contributed by atoms with Gasteiger partial charge in [0.15, 0.2) is 25.2 Å². The Kier molecular flexibility index (Phi) is 16.2. The maximum Gasteiger partial charge on any atom is 0.187 e. The fourth-order valence-corrected chi connectivity index (χ4v) is 6.02. The molecule has 24 nitrogen and oxygen atoms in total. The molecule has 4 aliphatic heterocycles. The standard InChI is InChI=1S/C28H50O24/c29-1-7(33)13(36)22(8(34)2-30)50-27-21(44)18(41)23(51-26-20(43)17(40)15(38)10(3-31)47-26)12(49-27)6-46-28-24(14(37)9(35)5-45-28)52-25-19(42)16(39)11(4-32)48-25/h7-44H,1-6H2/t7-,8+,9+,10+,11-,12+,13+,14-,15+,16-,17-,18+,19+,20+,21+,22+,23+,24+,25-,26-,27-,28+/m0/s1. The van der Waals surface area contributed by atoms with Crippen molar-refractivity contribution in [3.05, 3.63) is 0 Å². The zero-order chi connectivity index (χ0) is 38.6. The summed E-state index contributed by atoms with van der Waals surface area (Å²) in [4.78, 5) is 0. The predicted octanol–water partition coefficient (Wildman–Crippen LogP) is -11.0. The maximum atomic E-state index is 11.2. The molecule has 4 heterocycles. The van der Waals surface area contributed by atoms with E-state index in [1.165, 1.54) is 0 Å². The molecule has 24 heteroatoms. The zero-order valence-corrected chi connectivity index (χ0v) is 27.4. The predicted molar refractivity (Wildman–Crippen MR) is 157 cm³/mol. The molecule has 0 bridgehead atoms. The van der Waals surface area contributed by atoms with E-state index in [4.69, 9.17) is 37.9 Å². The second-order valence-corrected chi connectivity index (χ2v) is 12.8. The van der Waals surface area contributed by atoms with E-state index in [0.717, 1.165) is 0 Å². The molecule has 0 radical (unpaired) electrons. The Balaban J connectivity index is 1.59. The van der Waals surface area contributed by atoms with Gasteiger partial charge in [0, 0.05) is 0 Å². The summed E-state index contributed by atoms with van der Waals surface area (Å²) >= 11 is 0. The second kappa shape index (κ2) is 19.3. The van der Waals surface area contributed by atoms with Crippen molar-refractivity contribution in [1.82, 2.24) is 0 Å². The zero-order valence-electron chi connectivity index (χ0n) is 27.4. The van der Waals surface area contributed by atoms with Crippen molar-refractivity contribution in [3.63, 3.8) is 0 Å². The van der Waals surface area contributed by atoms with Gasteiger partial charge in [-0.3, -0.25) is 0 Å². The summed E-state index contributed by atoms with van der Waals surface area (Å²) in [5, 5.41) is 163. The largest absolute Gasteiger partial charge is 0.394 e. The third-order valence-corrected chi connectivity index (χ3v) is 9.20. The van der Waals surface area contributed by atoms with Crippen molar-refractivity contribution in [2.45, 2.75) is 135 Å². The molecule has 0 aromatic carbocycles. The van der Waals surface area contributed by atoms with E-state index >= 15 is 0 Å². The van der Waals surface area contributed by atoms with E-state index in [-0.39, 0.29) is 0 Å². The summed E-state index contributed by atoms with van der Waals surface area (Å²) in [6.07, 6.45) is -40.0. The summed E-state index contributed by atoms with van der Waals surface area (Å²) in [6, 6.07) is 0. The summed E-state index contributed by atoms with van der Waals surface area (Å²) in [6.45, 7) is -5.04. The van der Waals surface area contributed by atoms with E-state index in [1.54, 1.807) is 0 Å². The van der Waals surface area contributed by atoms with Crippen molar-refractivity contribution < 1.29 is 120 Å². The molecule has 52 heavy (non-hydrogen) atoms. The summed E-state index contributed by atoms with van der Waals surface area (Å²) in [7, 11) is 0. The van der Waals surface area contributed by atoms with Crippen molar-refractivity contribution in [1.29, 1.82) is 0 Å². The Bertz CT molecular complexity index is 1060. The van der Waals surface area contributed by atoms with Gasteiger partial charge in [-0.1, -0.05) is 0 Å². The molecular weight excluding hydrogens is 720 g/mol. The van der Waals surface area contributed by atoms with Gasteiger partial charge in [-0.25, -0.2) is 0 Å². The van der Waals surface area contributed by atoms with Crippen LogP contribution in [-0.4, -0.2) is 256 Å². The number of ether oxygens (including phenoxy) is 8. The van der Waals surface area contributed by atoms with Crippen LogP contribution in [-0.2, 0) is 37.9 Å². The van der Waals surface area contributed by atoms with Crippen LogP contribution in [0.5, 0.6) is 0 Å². The van der Waals surface area contributed by atoms with E-state index < -0.39 is 175 Å². The fourth-order valence-electron chi connectivity index (χ4n) is 6.02. The van der Waals surface area contributed by atoms with Gasteiger partial charge < -0.3 is 120 Å². The number of hydrogen-bond donors (Lipinski definition) is 16. The van der Waals surface area contributed by atoms with Gasteiger partial charge in [-0.2, -0.15) is 0 Å². The molecule has 4 aliphatic rings. The van der Waals surface area contributed by atoms with Crippen molar-refractivity contribution in [2.24, 2.45) is 0 Å². The summed E-state index contributed by atoms with van der Waals surface area (Å²) < 4.78 is 44.3. The van der Waals surface area contributed by atoms with Crippen LogP contribution in [0.1, 0.15) is 0 Å². The number of hydrogen-bond acceptors (Lipinski definition) is 24. The topological polar surface area (TPSA) is 398 Å². The highest BCUT2D eigenvalue weighted by molar-refractivity contribution is 4.96. The van der Waals surface area contributed by atoms with Crippen LogP contribution in [0.25, 0.3) is 0 Å². The Morgan fingerprint density at radius 1 is 0.519 bits per heavy atom. The molecular formula is C28H50O24. The Hall–Kier alpha value is -0.960.